The van der Waals surface area contributed by atoms with Gasteiger partial charge >= 0.3 is 0 Å². The Morgan fingerprint density at radius 1 is 0.183 bits per heavy atom. The fraction of sp³-hybridized carbons (Fsp3) is 0. The van der Waals surface area contributed by atoms with Crippen LogP contribution in [0.4, 0.5) is 0 Å². The quantitative estimate of drug-likeness (QED) is 0.0618. The Morgan fingerprint density at radius 2 is 0.350 bits per heavy atom. The molecule has 12 rings (SSSR count). The molecule has 0 spiro atoms. The molecule has 120 heavy (non-hydrogen) atoms. The average Bonchev–Trinajstić information content (AvgIpc) is 0.791. The third-order valence-corrected chi connectivity index (χ3v) is 15.3. The van der Waals surface area contributed by atoms with Crippen LogP contribution >= 0.6 is 0 Å². The maximum Gasteiger partial charge on any atom is 0.0912 e. The highest BCUT2D eigenvalue weighted by atomic mass is 14.3. The summed E-state index contributed by atoms with van der Waals surface area (Å²) < 4.78 is 0. The lowest BCUT2D eigenvalue weighted by molar-refractivity contribution is 1.48. The summed E-state index contributed by atoms with van der Waals surface area (Å²) in [6, 6.07) is 125. The van der Waals surface area contributed by atoms with Crippen molar-refractivity contribution in [3.05, 3.63) is 562 Å². The maximum atomic E-state index is 9.09. The number of hydrogen-bond acceptors (Lipinski definition) is 6. The first-order valence-corrected chi connectivity index (χ1v) is 37.7. The molecule has 0 N–H and O–H groups in total. The molecule has 0 saturated carbocycles. The first-order valence-electron chi connectivity index (χ1n) is 37.7. The lowest BCUT2D eigenvalue weighted by Crippen LogP contribution is -1.96. The van der Waals surface area contributed by atoms with Crippen molar-refractivity contribution >= 4 is 90.6 Å². The number of hydrogen-bond donors (Lipinski definition) is 0. The summed E-state index contributed by atoms with van der Waals surface area (Å²) in [5.74, 6) is 0. The van der Waals surface area contributed by atoms with Gasteiger partial charge in [-0.3, -0.25) is 0 Å². The van der Waals surface area contributed by atoms with Gasteiger partial charge in [0.25, 0.3) is 0 Å². The highest BCUT2D eigenvalue weighted by molar-refractivity contribution is 5.90. The molecule has 0 radical (unpaired) electrons. The Balaban J connectivity index is 0.000000690. The van der Waals surface area contributed by atoms with Crippen molar-refractivity contribution in [2.24, 2.45) is 0 Å². The number of benzene rings is 12. The molecule has 12 aromatic carbocycles. The number of rotatable bonds is 18. The van der Waals surface area contributed by atoms with Gasteiger partial charge in [0.05, 0.1) is 36.4 Å². The van der Waals surface area contributed by atoms with Crippen LogP contribution in [0.5, 0.6) is 0 Å². The van der Waals surface area contributed by atoms with Gasteiger partial charge in [0.15, 0.2) is 0 Å². The van der Waals surface area contributed by atoms with E-state index >= 15 is 0 Å². The standard InChI is InChI=1S/C26H14N6.11C8H8/c27-15-1-7-21(8-2-16-28)23(10-4-18-30)26-14-13-22(9-3-17-29)24(11-5-19-31)25(26)12-6-20-32;11*1-2-8-6-4-3-5-7-8/h1-14H;11*2-7H,1H2. The van der Waals surface area contributed by atoms with E-state index in [4.69, 9.17) is 31.6 Å². The minimum atomic E-state index is 0.474. The SMILES string of the molecule is C=Cc1ccccc1.C=Cc1ccccc1.C=Cc1ccccc1.C=Cc1ccccc1.C=Cc1ccccc1.C=Cc1ccccc1.C=Cc1ccccc1.C=Cc1ccccc1.C=Cc1ccccc1.C=Cc1ccccc1.C=Cc1ccccc1.N#CC=CC(C=CC#N)=C(C=CC#N)c1ccc(C=CC#N)c(C=CC#N)c1C=CC#N. The van der Waals surface area contributed by atoms with Gasteiger partial charge in [0, 0.05) is 36.5 Å². The molecule has 588 valence electrons. The minimum absolute atomic E-state index is 0.474. The Morgan fingerprint density at radius 3 is 0.517 bits per heavy atom. The monoisotopic (exact) mass is 1550 g/mol. The fourth-order valence-corrected chi connectivity index (χ4v) is 9.20. The first kappa shape index (κ1) is 101. The molecular formula is C114H102N6. The lowest BCUT2D eigenvalue weighted by Gasteiger charge is -2.15. The average molecular weight is 1560 g/mol. The molecule has 0 aromatic heterocycles. The molecule has 0 bridgehead atoms. The normalized spacial score (nSPS) is 9.12. The zero-order valence-corrected chi connectivity index (χ0v) is 68.1. The van der Waals surface area contributed by atoms with Gasteiger partial charge in [-0.1, -0.05) is 485 Å². The van der Waals surface area contributed by atoms with Crippen molar-refractivity contribution in [1.29, 1.82) is 31.6 Å². The van der Waals surface area contributed by atoms with Gasteiger partial charge < -0.3 is 0 Å². The van der Waals surface area contributed by atoms with E-state index in [0.29, 0.717) is 33.4 Å². The molecule has 6 heteroatoms. The van der Waals surface area contributed by atoms with Gasteiger partial charge in [-0.05, 0) is 131 Å². The van der Waals surface area contributed by atoms with E-state index in [1.165, 1.54) is 116 Å². The summed E-state index contributed by atoms with van der Waals surface area (Å²) in [4.78, 5) is 0. The van der Waals surface area contributed by atoms with E-state index in [0.717, 1.165) is 0 Å². The molecule has 0 amide bonds. The zero-order chi connectivity index (χ0) is 87.6. The van der Waals surface area contributed by atoms with Crippen LogP contribution in [0.1, 0.15) is 83.5 Å². The number of nitriles is 6. The van der Waals surface area contributed by atoms with Crippen molar-refractivity contribution in [1.82, 2.24) is 0 Å². The predicted molar refractivity (Wildman–Crippen MR) is 523 cm³/mol. The van der Waals surface area contributed by atoms with Gasteiger partial charge in [-0.15, -0.1) is 0 Å². The van der Waals surface area contributed by atoms with E-state index in [2.05, 4.69) is 72.4 Å². The van der Waals surface area contributed by atoms with Gasteiger partial charge in [0.1, 0.15) is 0 Å². The largest absolute Gasteiger partial charge is 0.193 e. The topological polar surface area (TPSA) is 143 Å². The highest BCUT2D eigenvalue weighted by Crippen LogP contribution is 2.32. The fourth-order valence-electron chi connectivity index (χ4n) is 9.20. The Bertz CT molecular complexity index is 4530. The van der Waals surface area contributed by atoms with E-state index in [1.54, 1.807) is 30.4 Å². The summed E-state index contributed by atoms with van der Waals surface area (Å²) >= 11 is 0. The van der Waals surface area contributed by atoms with E-state index in [9.17, 15) is 0 Å². The molecular weight excluding hydrogens is 1450 g/mol. The van der Waals surface area contributed by atoms with Gasteiger partial charge in [0.2, 0.25) is 0 Å². The highest BCUT2D eigenvalue weighted by Gasteiger charge is 2.13. The lowest BCUT2D eigenvalue weighted by atomic mass is 9.88. The van der Waals surface area contributed by atoms with Crippen LogP contribution in [0, 0.1) is 68.0 Å². The van der Waals surface area contributed by atoms with Crippen molar-refractivity contribution in [3.8, 4) is 36.4 Å². The Labute approximate surface area is 715 Å². The third-order valence-electron chi connectivity index (χ3n) is 15.3. The van der Waals surface area contributed by atoms with Crippen molar-refractivity contribution in [3.63, 3.8) is 0 Å². The second-order valence-corrected chi connectivity index (χ2v) is 23.4. The molecule has 0 heterocycles. The molecule has 0 unspecified atom stereocenters. The predicted octanol–water partition coefficient (Wildman–Crippen LogP) is 30.9. The van der Waals surface area contributed by atoms with Crippen LogP contribution in [-0.2, 0) is 0 Å². The molecule has 0 aliphatic heterocycles. The van der Waals surface area contributed by atoms with Crippen LogP contribution in [0.2, 0.25) is 0 Å². The summed E-state index contributed by atoms with van der Waals surface area (Å²) in [6.45, 7) is 39.9. The Kier molecular flexibility index (Phi) is 60.7. The van der Waals surface area contributed by atoms with E-state index in [1.807, 2.05) is 437 Å². The summed E-state index contributed by atoms with van der Waals surface area (Å²) in [7, 11) is 0. The summed E-state index contributed by atoms with van der Waals surface area (Å²) in [5.41, 5.74) is 16.2. The van der Waals surface area contributed by atoms with Crippen LogP contribution in [-0.4, -0.2) is 0 Å². The van der Waals surface area contributed by atoms with Crippen molar-refractivity contribution < 1.29 is 0 Å². The molecule has 0 saturated heterocycles. The van der Waals surface area contributed by atoms with E-state index in [-0.39, 0.29) is 0 Å². The molecule has 0 aliphatic carbocycles. The minimum Gasteiger partial charge on any atom is -0.193 e. The third kappa shape index (κ3) is 50.0. The maximum absolute atomic E-state index is 9.09. The van der Waals surface area contributed by atoms with Crippen molar-refractivity contribution in [2.45, 2.75) is 0 Å². The van der Waals surface area contributed by atoms with Crippen molar-refractivity contribution in [2.75, 3.05) is 0 Å². The van der Waals surface area contributed by atoms with E-state index < -0.39 is 0 Å². The van der Waals surface area contributed by atoms with Crippen LogP contribution < -0.4 is 0 Å². The number of nitrogens with zero attached hydrogens (tertiary/aromatic N) is 6. The second-order valence-electron chi connectivity index (χ2n) is 23.4. The summed E-state index contributed by atoms with van der Waals surface area (Å²) in [6.07, 6.45) is 36.9. The second kappa shape index (κ2) is 72.2. The smallest absolute Gasteiger partial charge is 0.0912 e. The molecule has 0 atom stereocenters. The van der Waals surface area contributed by atoms with Crippen LogP contribution in [0.15, 0.2) is 478 Å². The molecule has 0 aliphatic rings. The Hall–Kier alpha value is -17.1. The van der Waals surface area contributed by atoms with Crippen LogP contribution in [0.3, 0.4) is 0 Å². The number of allylic oxidation sites excluding steroid dienone is 11. The first-order chi connectivity index (χ1) is 58.9. The molecule has 6 nitrogen and oxygen atoms in total. The van der Waals surface area contributed by atoms with Gasteiger partial charge in [-0.2, -0.15) is 31.6 Å². The summed E-state index contributed by atoms with van der Waals surface area (Å²) in [5, 5.41) is 54.0. The van der Waals surface area contributed by atoms with Gasteiger partial charge in [-0.25, -0.2) is 0 Å². The zero-order valence-electron chi connectivity index (χ0n) is 68.1. The van der Waals surface area contributed by atoms with Crippen LogP contribution in [0.25, 0.3) is 90.6 Å². The molecule has 0 fully saturated rings. The molecule has 12 aromatic rings.